The zero-order valence-corrected chi connectivity index (χ0v) is 12.4. The lowest BCUT2D eigenvalue weighted by Gasteiger charge is -2.05. The molecule has 0 amide bonds. The number of hydrogen-bond donors (Lipinski definition) is 1. The Bertz CT molecular complexity index is 869. The number of carboxylic acid groups (broad SMARTS) is 1. The van der Waals surface area contributed by atoms with E-state index in [4.69, 9.17) is 5.11 Å². The largest absolute Gasteiger partial charge is 0.481 e. The molecule has 0 aliphatic rings. The van der Waals surface area contributed by atoms with E-state index in [-0.39, 0.29) is 18.6 Å². The van der Waals surface area contributed by atoms with E-state index < -0.39 is 5.97 Å². The van der Waals surface area contributed by atoms with Crippen LogP contribution in [0.3, 0.4) is 0 Å². The number of rotatable bonds is 5. The highest BCUT2D eigenvalue weighted by Crippen LogP contribution is 2.23. The number of Topliss-reactive ketones (excluding diaryl/α,β-unsaturated/α-hetero) is 1. The maximum atomic E-state index is 11.9. The first-order valence-corrected chi connectivity index (χ1v) is 7.34. The van der Waals surface area contributed by atoms with Gasteiger partial charge >= 0.3 is 5.97 Å². The third-order valence-electron chi connectivity index (χ3n) is 3.70. The first-order chi connectivity index (χ1) is 11.1. The molecule has 3 rings (SSSR count). The van der Waals surface area contributed by atoms with E-state index in [1.807, 2.05) is 42.6 Å². The fourth-order valence-electron chi connectivity index (χ4n) is 2.44. The van der Waals surface area contributed by atoms with Crippen LogP contribution < -0.4 is 0 Å². The van der Waals surface area contributed by atoms with Gasteiger partial charge in [-0.15, -0.1) is 0 Å². The smallest absolute Gasteiger partial charge is 0.303 e. The Labute approximate surface area is 133 Å². The second-order valence-corrected chi connectivity index (χ2v) is 5.31. The van der Waals surface area contributed by atoms with Gasteiger partial charge in [-0.1, -0.05) is 42.5 Å². The number of nitrogens with zero attached hydrogens (tertiary/aromatic N) is 1. The van der Waals surface area contributed by atoms with Crippen LogP contribution in [0.4, 0.5) is 0 Å². The number of fused-ring (bicyclic) bond motifs is 1. The molecule has 1 heterocycles. The fourth-order valence-corrected chi connectivity index (χ4v) is 2.44. The number of carbonyl (C=O) groups excluding carboxylic acids is 1. The molecule has 4 nitrogen and oxygen atoms in total. The van der Waals surface area contributed by atoms with Gasteiger partial charge in [-0.25, -0.2) is 0 Å². The molecule has 0 unspecified atom stereocenters. The Kier molecular flexibility index (Phi) is 4.15. The van der Waals surface area contributed by atoms with Crippen molar-refractivity contribution < 1.29 is 14.7 Å². The Morgan fingerprint density at radius 2 is 1.65 bits per heavy atom. The van der Waals surface area contributed by atoms with Crippen molar-refractivity contribution in [3.05, 3.63) is 66.4 Å². The minimum absolute atomic E-state index is 0.0200. The lowest BCUT2D eigenvalue weighted by atomic mass is 10.0. The monoisotopic (exact) mass is 305 g/mol. The summed E-state index contributed by atoms with van der Waals surface area (Å²) in [6, 6.07) is 17.1. The summed E-state index contributed by atoms with van der Waals surface area (Å²) in [5.41, 5.74) is 3.42. The molecule has 0 radical (unpaired) electrons. The number of aliphatic carboxylic acids is 1. The number of benzene rings is 2. The van der Waals surface area contributed by atoms with Gasteiger partial charge in [0.1, 0.15) is 0 Å². The molecule has 0 aliphatic carbocycles. The fraction of sp³-hybridized carbons (Fsp3) is 0.105. The minimum atomic E-state index is -0.961. The topological polar surface area (TPSA) is 67.3 Å². The molecular formula is C19H15NO3. The first-order valence-electron chi connectivity index (χ1n) is 7.34. The molecule has 0 saturated carbocycles. The molecule has 114 valence electrons. The summed E-state index contributed by atoms with van der Waals surface area (Å²) in [7, 11) is 0. The van der Waals surface area contributed by atoms with Crippen molar-refractivity contribution in [1.29, 1.82) is 0 Å². The van der Waals surface area contributed by atoms with E-state index in [1.54, 1.807) is 12.1 Å². The van der Waals surface area contributed by atoms with Crippen LogP contribution >= 0.6 is 0 Å². The number of aromatic nitrogens is 1. The van der Waals surface area contributed by atoms with Gasteiger partial charge in [-0.05, 0) is 17.7 Å². The maximum absolute atomic E-state index is 11.9. The van der Waals surface area contributed by atoms with Crippen molar-refractivity contribution >= 4 is 22.7 Å². The highest BCUT2D eigenvalue weighted by molar-refractivity contribution is 5.97. The number of para-hydroxylation sites is 1. The van der Waals surface area contributed by atoms with Crippen LogP contribution in [-0.4, -0.2) is 21.8 Å². The Balaban J connectivity index is 1.83. The van der Waals surface area contributed by atoms with Gasteiger partial charge in [0.15, 0.2) is 5.78 Å². The second kappa shape index (κ2) is 6.40. The number of carbonyl (C=O) groups is 2. The average molecular weight is 305 g/mol. The molecule has 0 atom stereocenters. The van der Waals surface area contributed by atoms with E-state index in [1.165, 1.54) is 0 Å². The zero-order valence-electron chi connectivity index (χ0n) is 12.4. The van der Waals surface area contributed by atoms with Gasteiger partial charge in [-0.3, -0.25) is 14.6 Å². The summed E-state index contributed by atoms with van der Waals surface area (Å²) in [6.07, 6.45) is 1.69. The summed E-state index contributed by atoms with van der Waals surface area (Å²) in [5.74, 6) is -1.12. The number of hydrogen-bond acceptors (Lipinski definition) is 3. The predicted molar refractivity (Wildman–Crippen MR) is 88.4 cm³/mol. The molecule has 0 saturated heterocycles. The third-order valence-corrected chi connectivity index (χ3v) is 3.70. The SMILES string of the molecule is O=C(O)CCC(=O)c1ccc(-c2cnc3ccccc3c2)cc1. The van der Waals surface area contributed by atoms with Crippen molar-refractivity contribution in [3.8, 4) is 11.1 Å². The standard InChI is InChI=1S/C19H15NO3/c21-18(9-10-19(22)23)14-7-5-13(6-8-14)16-11-15-3-1-2-4-17(15)20-12-16/h1-8,11-12H,9-10H2,(H,22,23). The average Bonchev–Trinajstić information content (AvgIpc) is 2.59. The molecule has 2 aromatic carbocycles. The van der Waals surface area contributed by atoms with Crippen LogP contribution in [0.1, 0.15) is 23.2 Å². The van der Waals surface area contributed by atoms with Crippen LogP contribution in [0.25, 0.3) is 22.0 Å². The van der Waals surface area contributed by atoms with E-state index >= 15 is 0 Å². The summed E-state index contributed by atoms with van der Waals surface area (Å²) >= 11 is 0. The maximum Gasteiger partial charge on any atom is 0.303 e. The first kappa shape index (κ1) is 14.9. The molecule has 1 aromatic heterocycles. The number of pyridine rings is 1. The molecule has 0 aliphatic heterocycles. The number of ketones is 1. The summed E-state index contributed by atoms with van der Waals surface area (Å²) in [6.45, 7) is 0. The molecule has 0 fully saturated rings. The van der Waals surface area contributed by atoms with Crippen LogP contribution in [-0.2, 0) is 4.79 Å². The third kappa shape index (κ3) is 3.43. The van der Waals surface area contributed by atoms with Crippen molar-refractivity contribution in [3.63, 3.8) is 0 Å². The normalized spacial score (nSPS) is 10.6. The summed E-state index contributed by atoms with van der Waals surface area (Å²) in [5, 5.41) is 9.69. The van der Waals surface area contributed by atoms with Crippen molar-refractivity contribution in [1.82, 2.24) is 4.98 Å². The molecule has 23 heavy (non-hydrogen) atoms. The number of carboxylic acids is 1. The van der Waals surface area contributed by atoms with E-state index in [0.29, 0.717) is 5.56 Å². The van der Waals surface area contributed by atoms with Gasteiger partial charge in [0.2, 0.25) is 0 Å². The van der Waals surface area contributed by atoms with Crippen LogP contribution in [0, 0.1) is 0 Å². The lowest BCUT2D eigenvalue weighted by molar-refractivity contribution is -0.136. The van der Waals surface area contributed by atoms with Crippen molar-refractivity contribution in [2.45, 2.75) is 12.8 Å². The molecule has 4 heteroatoms. The highest BCUT2D eigenvalue weighted by atomic mass is 16.4. The van der Waals surface area contributed by atoms with Gasteiger partial charge < -0.3 is 5.11 Å². The quantitative estimate of drug-likeness (QED) is 0.725. The van der Waals surface area contributed by atoms with Gasteiger partial charge in [0, 0.05) is 29.1 Å². The Morgan fingerprint density at radius 1 is 0.913 bits per heavy atom. The van der Waals surface area contributed by atoms with Gasteiger partial charge in [-0.2, -0.15) is 0 Å². The highest BCUT2D eigenvalue weighted by Gasteiger charge is 2.09. The molecule has 0 bridgehead atoms. The second-order valence-electron chi connectivity index (χ2n) is 5.31. The molecule has 1 N–H and O–H groups in total. The Hall–Kier alpha value is -3.01. The van der Waals surface area contributed by atoms with Crippen LogP contribution in [0.2, 0.25) is 0 Å². The predicted octanol–water partition coefficient (Wildman–Crippen LogP) is 3.95. The molecule has 3 aromatic rings. The van der Waals surface area contributed by atoms with E-state index in [2.05, 4.69) is 11.1 Å². The van der Waals surface area contributed by atoms with Crippen LogP contribution in [0.5, 0.6) is 0 Å². The summed E-state index contributed by atoms with van der Waals surface area (Å²) < 4.78 is 0. The van der Waals surface area contributed by atoms with Gasteiger partial charge in [0.25, 0.3) is 0 Å². The van der Waals surface area contributed by atoms with Crippen LogP contribution in [0.15, 0.2) is 60.8 Å². The van der Waals surface area contributed by atoms with Crippen molar-refractivity contribution in [2.24, 2.45) is 0 Å². The summed E-state index contributed by atoms with van der Waals surface area (Å²) in [4.78, 5) is 26.8. The lowest BCUT2D eigenvalue weighted by Crippen LogP contribution is -2.03. The van der Waals surface area contributed by atoms with E-state index in [0.717, 1.165) is 22.0 Å². The minimum Gasteiger partial charge on any atom is -0.481 e. The molecule has 0 spiro atoms. The molecular weight excluding hydrogens is 290 g/mol. The van der Waals surface area contributed by atoms with E-state index in [9.17, 15) is 9.59 Å². The zero-order chi connectivity index (χ0) is 16.2. The Morgan fingerprint density at radius 3 is 2.39 bits per heavy atom. The van der Waals surface area contributed by atoms with Gasteiger partial charge in [0.05, 0.1) is 11.9 Å². The van der Waals surface area contributed by atoms with Crippen molar-refractivity contribution in [2.75, 3.05) is 0 Å².